The molecular formula is C10H16N2O2. The van der Waals surface area contributed by atoms with Crippen LogP contribution in [0.3, 0.4) is 0 Å². The second-order valence-corrected chi connectivity index (χ2v) is 4.34. The summed E-state index contributed by atoms with van der Waals surface area (Å²) in [5.74, 6) is 0.668. The van der Waals surface area contributed by atoms with E-state index in [1.54, 1.807) is 18.7 Å². The largest absolute Gasteiger partial charge is 0.343 e. The molecule has 1 saturated carbocycles. The van der Waals surface area contributed by atoms with Crippen molar-refractivity contribution in [3.05, 3.63) is 0 Å². The van der Waals surface area contributed by atoms with Crippen molar-refractivity contribution in [3.63, 3.8) is 0 Å². The van der Waals surface area contributed by atoms with E-state index in [-0.39, 0.29) is 23.9 Å². The highest BCUT2D eigenvalue weighted by atomic mass is 16.2. The Morgan fingerprint density at radius 3 is 2.57 bits per heavy atom. The first kappa shape index (κ1) is 9.49. The Morgan fingerprint density at radius 2 is 2.00 bits per heavy atom. The highest BCUT2D eigenvalue weighted by Gasteiger charge is 2.38. The molecule has 0 spiro atoms. The minimum absolute atomic E-state index is 0.0299. The number of piperazine rings is 1. The second kappa shape index (κ2) is 3.26. The molecule has 78 valence electrons. The van der Waals surface area contributed by atoms with Crippen LogP contribution in [-0.2, 0) is 9.59 Å². The molecule has 1 saturated heterocycles. The standard InChI is InChI=1S/C10H16N2O2/c1-6-10(14)12(5-8-3-4-8)7(2)9(13)11-6/h6-8H,3-5H2,1-2H3,(H,11,13). The molecule has 0 radical (unpaired) electrons. The van der Waals surface area contributed by atoms with Crippen molar-refractivity contribution < 1.29 is 9.59 Å². The Hall–Kier alpha value is -1.06. The molecule has 2 amide bonds. The highest BCUT2D eigenvalue weighted by molar-refractivity contribution is 5.96. The van der Waals surface area contributed by atoms with Gasteiger partial charge < -0.3 is 10.2 Å². The maximum absolute atomic E-state index is 11.8. The van der Waals surface area contributed by atoms with Crippen LogP contribution in [0.5, 0.6) is 0 Å². The first-order valence-electron chi connectivity index (χ1n) is 5.20. The third kappa shape index (κ3) is 1.61. The number of carbonyl (C=O) groups is 2. The van der Waals surface area contributed by atoms with Crippen LogP contribution in [0, 0.1) is 5.92 Å². The summed E-state index contributed by atoms with van der Waals surface area (Å²) in [5, 5.41) is 2.67. The lowest BCUT2D eigenvalue weighted by Crippen LogP contribution is -2.61. The number of rotatable bonds is 2. The van der Waals surface area contributed by atoms with Crippen LogP contribution >= 0.6 is 0 Å². The fourth-order valence-corrected chi connectivity index (χ4v) is 1.80. The topological polar surface area (TPSA) is 49.4 Å². The molecule has 2 aliphatic rings. The van der Waals surface area contributed by atoms with Crippen molar-refractivity contribution >= 4 is 11.8 Å². The normalized spacial score (nSPS) is 33.1. The second-order valence-electron chi connectivity index (χ2n) is 4.34. The fraction of sp³-hybridized carbons (Fsp3) is 0.800. The first-order chi connectivity index (χ1) is 6.59. The average Bonchev–Trinajstić information content (AvgIpc) is 2.93. The van der Waals surface area contributed by atoms with Crippen LogP contribution in [0.1, 0.15) is 26.7 Å². The monoisotopic (exact) mass is 196 g/mol. The minimum atomic E-state index is -0.350. The molecule has 2 fully saturated rings. The SMILES string of the molecule is CC1NC(=O)C(C)N(CC2CC2)C1=O. The van der Waals surface area contributed by atoms with Crippen LogP contribution in [0.4, 0.5) is 0 Å². The predicted molar refractivity (Wildman–Crippen MR) is 51.5 cm³/mol. The predicted octanol–water partition coefficient (Wildman–Crippen LogP) is 0.132. The van der Waals surface area contributed by atoms with Crippen molar-refractivity contribution in [1.82, 2.24) is 10.2 Å². The van der Waals surface area contributed by atoms with E-state index in [2.05, 4.69) is 5.32 Å². The molecule has 1 N–H and O–H groups in total. The zero-order chi connectivity index (χ0) is 10.3. The van der Waals surface area contributed by atoms with Gasteiger partial charge in [-0.2, -0.15) is 0 Å². The number of hydrogen-bond donors (Lipinski definition) is 1. The van der Waals surface area contributed by atoms with Gasteiger partial charge >= 0.3 is 0 Å². The molecule has 1 aliphatic heterocycles. The molecule has 1 aliphatic carbocycles. The van der Waals surface area contributed by atoms with E-state index in [1.807, 2.05) is 0 Å². The van der Waals surface area contributed by atoms with Crippen molar-refractivity contribution in [2.24, 2.45) is 5.92 Å². The summed E-state index contributed by atoms with van der Waals surface area (Å²) in [6.07, 6.45) is 2.40. The van der Waals surface area contributed by atoms with Gasteiger partial charge in [-0.3, -0.25) is 9.59 Å². The molecule has 1 heterocycles. The Kier molecular flexibility index (Phi) is 2.21. The lowest BCUT2D eigenvalue weighted by atomic mass is 10.1. The molecule has 4 nitrogen and oxygen atoms in total. The Balaban J connectivity index is 2.08. The number of amides is 2. The van der Waals surface area contributed by atoms with Gasteiger partial charge in [-0.15, -0.1) is 0 Å². The van der Waals surface area contributed by atoms with Crippen LogP contribution in [-0.4, -0.2) is 35.3 Å². The maximum Gasteiger partial charge on any atom is 0.245 e. The van der Waals surface area contributed by atoms with E-state index in [1.165, 1.54) is 12.8 Å². The Labute approximate surface area is 83.6 Å². The van der Waals surface area contributed by atoms with E-state index in [9.17, 15) is 9.59 Å². The number of carbonyl (C=O) groups excluding carboxylic acids is 2. The molecule has 2 atom stereocenters. The van der Waals surface area contributed by atoms with Crippen molar-refractivity contribution in [1.29, 1.82) is 0 Å². The van der Waals surface area contributed by atoms with Gasteiger partial charge in [-0.25, -0.2) is 0 Å². The molecule has 4 heteroatoms. The van der Waals surface area contributed by atoms with Gasteiger partial charge in [0.1, 0.15) is 12.1 Å². The molecule has 0 bridgehead atoms. The molecule has 0 aromatic rings. The zero-order valence-corrected chi connectivity index (χ0v) is 8.62. The summed E-state index contributed by atoms with van der Waals surface area (Å²) in [6.45, 7) is 4.30. The summed E-state index contributed by atoms with van der Waals surface area (Å²) >= 11 is 0. The summed E-state index contributed by atoms with van der Waals surface area (Å²) in [6, 6.07) is -0.642. The lowest BCUT2D eigenvalue weighted by molar-refractivity contribution is -0.148. The van der Waals surface area contributed by atoms with Crippen LogP contribution in [0.25, 0.3) is 0 Å². The quantitative estimate of drug-likeness (QED) is 0.682. The van der Waals surface area contributed by atoms with Crippen LogP contribution < -0.4 is 5.32 Å². The van der Waals surface area contributed by atoms with Gasteiger partial charge in [0.25, 0.3) is 0 Å². The summed E-state index contributed by atoms with van der Waals surface area (Å²) in [4.78, 5) is 24.9. The van der Waals surface area contributed by atoms with E-state index in [4.69, 9.17) is 0 Å². The average molecular weight is 196 g/mol. The fourth-order valence-electron chi connectivity index (χ4n) is 1.80. The molecule has 2 rings (SSSR count). The van der Waals surface area contributed by atoms with Gasteiger partial charge in [0.05, 0.1) is 0 Å². The minimum Gasteiger partial charge on any atom is -0.343 e. The van der Waals surface area contributed by atoms with Gasteiger partial charge in [0.2, 0.25) is 11.8 Å². The smallest absolute Gasteiger partial charge is 0.245 e. The Bertz CT molecular complexity index is 273. The van der Waals surface area contributed by atoms with Gasteiger partial charge in [-0.05, 0) is 32.6 Å². The molecule has 14 heavy (non-hydrogen) atoms. The lowest BCUT2D eigenvalue weighted by Gasteiger charge is -2.36. The Morgan fingerprint density at radius 1 is 1.36 bits per heavy atom. The summed E-state index contributed by atoms with van der Waals surface area (Å²) in [5.41, 5.74) is 0. The van der Waals surface area contributed by atoms with Crippen LogP contribution in [0.2, 0.25) is 0 Å². The molecule has 2 unspecified atom stereocenters. The van der Waals surface area contributed by atoms with Gasteiger partial charge in [0, 0.05) is 6.54 Å². The molecular weight excluding hydrogens is 180 g/mol. The zero-order valence-electron chi connectivity index (χ0n) is 8.62. The number of nitrogens with zero attached hydrogens (tertiary/aromatic N) is 1. The number of nitrogens with one attached hydrogen (secondary N) is 1. The maximum atomic E-state index is 11.8. The molecule has 0 aromatic carbocycles. The third-order valence-corrected chi connectivity index (χ3v) is 3.01. The van der Waals surface area contributed by atoms with E-state index in [0.29, 0.717) is 5.92 Å². The van der Waals surface area contributed by atoms with E-state index in [0.717, 1.165) is 6.54 Å². The van der Waals surface area contributed by atoms with Crippen molar-refractivity contribution in [2.45, 2.75) is 38.8 Å². The third-order valence-electron chi connectivity index (χ3n) is 3.01. The highest BCUT2D eigenvalue weighted by Crippen LogP contribution is 2.31. The van der Waals surface area contributed by atoms with E-state index >= 15 is 0 Å². The summed E-state index contributed by atoms with van der Waals surface area (Å²) in [7, 11) is 0. The van der Waals surface area contributed by atoms with Crippen molar-refractivity contribution in [2.75, 3.05) is 6.54 Å². The van der Waals surface area contributed by atoms with Crippen LogP contribution in [0.15, 0.2) is 0 Å². The van der Waals surface area contributed by atoms with Gasteiger partial charge in [0.15, 0.2) is 0 Å². The first-order valence-corrected chi connectivity index (χ1v) is 5.20. The van der Waals surface area contributed by atoms with Gasteiger partial charge in [-0.1, -0.05) is 0 Å². The number of hydrogen-bond acceptors (Lipinski definition) is 2. The molecule has 0 aromatic heterocycles. The van der Waals surface area contributed by atoms with Crippen molar-refractivity contribution in [3.8, 4) is 0 Å². The summed E-state index contributed by atoms with van der Waals surface area (Å²) < 4.78 is 0. The van der Waals surface area contributed by atoms with E-state index < -0.39 is 0 Å².